The highest BCUT2D eigenvalue weighted by Crippen LogP contribution is 2.17. The molecule has 1 aromatic carbocycles. The number of nitrogens with zero attached hydrogens (tertiary/aromatic N) is 2. The lowest BCUT2D eigenvalue weighted by Gasteiger charge is -2.00. The van der Waals surface area contributed by atoms with Crippen molar-refractivity contribution in [2.75, 3.05) is 5.43 Å². The van der Waals surface area contributed by atoms with Gasteiger partial charge in [0.05, 0.1) is 5.69 Å². The Morgan fingerprint density at radius 1 is 1.11 bits per heavy atom. The lowest BCUT2D eigenvalue weighted by atomic mass is 10.2. The van der Waals surface area contributed by atoms with Gasteiger partial charge in [-0.25, -0.2) is 9.78 Å². The molecule has 2 N–H and O–H groups in total. The smallest absolute Gasteiger partial charge is 0.313 e. The number of rotatable bonds is 0. The average molecular weight is 240 g/mol. The Bertz CT molecular complexity index is 599. The molecule has 0 spiro atoms. The van der Waals surface area contributed by atoms with Crippen LogP contribution in [0.25, 0.3) is 6.08 Å². The van der Waals surface area contributed by atoms with Gasteiger partial charge in [-0.2, -0.15) is 5.10 Å². The van der Waals surface area contributed by atoms with Gasteiger partial charge in [-0.3, -0.25) is 5.43 Å². The summed E-state index contributed by atoms with van der Waals surface area (Å²) in [4.78, 5) is 15.8. The predicted molar refractivity (Wildman–Crippen MR) is 72.4 cm³/mol. The molecule has 0 amide bonds. The van der Waals surface area contributed by atoms with E-state index in [1.807, 2.05) is 36.4 Å². The van der Waals surface area contributed by atoms with Crippen molar-refractivity contribution in [1.82, 2.24) is 9.97 Å². The van der Waals surface area contributed by atoms with Gasteiger partial charge in [-0.15, -0.1) is 0 Å². The Kier molecular flexibility index (Phi) is 4.02. The van der Waals surface area contributed by atoms with Crippen LogP contribution in [0.4, 0.5) is 5.69 Å². The number of allylic oxidation sites excluding steroid dienone is 1. The van der Waals surface area contributed by atoms with Gasteiger partial charge in [0.1, 0.15) is 0 Å². The van der Waals surface area contributed by atoms with Gasteiger partial charge in [-0.05, 0) is 23.8 Å². The Labute approximate surface area is 104 Å². The molecule has 2 aromatic rings. The highest BCUT2D eigenvalue weighted by atomic mass is 16.1. The quantitative estimate of drug-likeness (QED) is 0.738. The van der Waals surface area contributed by atoms with E-state index in [2.05, 4.69) is 20.5 Å². The van der Waals surface area contributed by atoms with E-state index in [-0.39, 0.29) is 5.69 Å². The van der Waals surface area contributed by atoms with Crippen molar-refractivity contribution in [3.63, 3.8) is 0 Å². The highest BCUT2D eigenvalue weighted by molar-refractivity contribution is 5.83. The summed E-state index contributed by atoms with van der Waals surface area (Å²) < 4.78 is 0. The van der Waals surface area contributed by atoms with E-state index in [0.717, 1.165) is 5.69 Å². The van der Waals surface area contributed by atoms with Crippen molar-refractivity contribution < 1.29 is 0 Å². The minimum Gasteiger partial charge on any atom is -0.313 e. The third kappa shape index (κ3) is 3.41. The number of anilines is 1. The Morgan fingerprint density at radius 3 is 2.72 bits per heavy atom. The molecule has 3 rings (SSSR count). The topological polar surface area (TPSA) is 70.1 Å². The minimum absolute atomic E-state index is 0.303. The number of H-pyrrole nitrogens is 1. The molecule has 1 aromatic heterocycles. The second-order valence-electron chi connectivity index (χ2n) is 3.42. The van der Waals surface area contributed by atoms with Crippen LogP contribution >= 0.6 is 0 Å². The summed E-state index contributed by atoms with van der Waals surface area (Å²) in [5.74, 6) is 0. The summed E-state index contributed by atoms with van der Waals surface area (Å²) in [6.45, 7) is 0. The third-order valence-corrected chi connectivity index (χ3v) is 2.16. The van der Waals surface area contributed by atoms with Crippen molar-refractivity contribution in [2.24, 2.45) is 5.10 Å². The molecule has 2 heterocycles. The van der Waals surface area contributed by atoms with Gasteiger partial charge in [-0.1, -0.05) is 24.3 Å². The van der Waals surface area contributed by atoms with E-state index >= 15 is 0 Å². The Balaban J connectivity index is 0.000000149. The summed E-state index contributed by atoms with van der Waals surface area (Å²) in [5.41, 5.74) is 4.85. The van der Waals surface area contributed by atoms with Crippen molar-refractivity contribution in [3.05, 3.63) is 64.8 Å². The van der Waals surface area contributed by atoms with Crippen LogP contribution < -0.4 is 11.1 Å². The van der Waals surface area contributed by atoms with Gasteiger partial charge in [0.2, 0.25) is 0 Å². The second kappa shape index (κ2) is 6.15. The number of nitrogens with one attached hydrogen (secondary N) is 2. The molecular formula is C13H12N4O. The molecule has 18 heavy (non-hydrogen) atoms. The van der Waals surface area contributed by atoms with E-state index in [1.54, 1.807) is 12.3 Å². The van der Waals surface area contributed by atoms with Crippen LogP contribution in [0.5, 0.6) is 0 Å². The molecule has 0 atom stereocenters. The molecule has 1 aliphatic rings. The molecule has 0 radical (unpaired) electrons. The maximum absolute atomic E-state index is 10.1. The lowest BCUT2D eigenvalue weighted by Crippen LogP contribution is -2.05. The maximum Gasteiger partial charge on any atom is 0.344 e. The zero-order chi connectivity index (χ0) is 12.6. The Morgan fingerprint density at radius 2 is 2.00 bits per heavy atom. The number of hydrazone groups is 1. The van der Waals surface area contributed by atoms with Crippen LogP contribution in [-0.2, 0) is 0 Å². The SMILES string of the molecule is C1=Cc2ccccc2NN=C1.O=c1nccc[nH]1. The van der Waals surface area contributed by atoms with Crippen LogP contribution in [0, 0.1) is 0 Å². The number of hydrogen-bond acceptors (Lipinski definition) is 4. The molecule has 5 heteroatoms. The fraction of sp³-hybridized carbons (Fsp3) is 0. The summed E-state index contributed by atoms with van der Waals surface area (Å²) in [7, 11) is 0. The molecule has 1 aliphatic heterocycles. The minimum atomic E-state index is -0.303. The average Bonchev–Trinajstić information content (AvgIpc) is 2.65. The van der Waals surface area contributed by atoms with E-state index in [4.69, 9.17) is 0 Å². The molecule has 0 bridgehead atoms. The lowest BCUT2D eigenvalue weighted by molar-refractivity contribution is 1.08. The van der Waals surface area contributed by atoms with Gasteiger partial charge in [0.15, 0.2) is 0 Å². The van der Waals surface area contributed by atoms with Gasteiger partial charge in [0, 0.05) is 18.6 Å². The molecule has 0 fully saturated rings. The number of para-hydroxylation sites is 1. The normalized spacial score (nSPS) is 11.6. The monoisotopic (exact) mass is 240 g/mol. The summed E-state index contributed by atoms with van der Waals surface area (Å²) in [5, 5.41) is 3.95. The standard InChI is InChI=1S/C9H8N2.C4H4N2O/c1-2-6-9-8(4-1)5-3-7-10-11-9;7-4-5-2-1-3-6-4/h1-7,11H;1-3H,(H,5,6,7). The molecular weight excluding hydrogens is 228 g/mol. The van der Waals surface area contributed by atoms with E-state index < -0.39 is 0 Å². The fourth-order valence-electron chi connectivity index (χ4n) is 1.35. The van der Waals surface area contributed by atoms with Crippen LogP contribution in [0.15, 0.2) is 58.7 Å². The first kappa shape index (κ1) is 11.8. The number of fused-ring (bicyclic) bond motifs is 1. The summed E-state index contributed by atoms with van der Waals surface area (Å²) in [6.07, 6.45) is 8.66. The number of aromatic nitrogens is 2. The van der Waals surface area contributed by atoms with Crippen molar-refractivity contribution in [2.45, 2.75) is 0 Å². The Hall–Kier alpha value is -2.69. The second-order valence-corrected chi connectivity index (χ2v) is 3.42. The number of hydrogen-bond donors (Lipinski definition) is 2. The van der Waals surface area contributed by atoms with Gasteiger partial charge in [0.25, 0.3) is 0 Å². The molecule has 0 saturated carbocycles. The first-order chi connectivity index (χ1) is 8.86. The van der Waals surface area contributed by atoms with Crippen molar-refractivity contribution in [1.29, 1.82) is 0 Å². The summed E-state index contributed by atoms with van der Waals surface area (Å²) in [6, 6.07) is 9.70. The number of benzene rings is 1. The first-order valence-electron chi connectivity index (χ1n) is 5.41. The van der Waals surface area contributed by atoms with Crippen molar-refractivity contribution in [3.8, 4) is 0 Å². The van der Waals surface area contributed by atoms with E-state index in [1.165, 1.54) is 18.0 Å². The van der Waals surface area contributed by atoms with Crippen molar-refractivity contribution >= 4 is 18.0 Å². The predicted octanol–water partition coefficient (Wildman–Crippen LogP) is 1.88. The summed E-state index contributed by atoms with van der Waals surface area (Å²) >= 11 is 0. The highest BCUT2D eigenvalue weighted by Gasteiger charge is 1.96. The molecule has 0 aliphatic carbocycles. The first-order valence-corrected chi connectivity index (χ1v) is 5.41. The van der Waals surface area contributed by atoms with Crippen LogP contribution in [0.2, 0.25) is 0 Å². The third-order valence-electron chi connectivity index (χ3n) is 2.16. The largest absolute Gasteiger partial charge is 0.344 e. The van der Waals surface area contributed by atoms with Gasteiger partial charge < -0.3 is 4.98 Å². The van der Waals surface area contributed by atoms with Crippen LogP contribution in [0.1, 0.15) is 5.56 Å². The molecule has 90 valence electrons. The van der Waals surface area contributed by atoms with E-state index in [9.17, 15) is 4.79 Å². The zero-order valence-electron chi connectivity index (χ0n) is 9.58. The van der Waals surface area contributed by atoms with Crippen LogP contribution in [0.3, 0.4) is 0 Å². The fourth-order valence-corrected chi connectivity index (χ4v) is 1.35. The van der Waals surface area contributed by atoms with E-state index in [0.29, 0.717) is 0 Å². The zero-order valence-corrected chi connectivity index (χ0v) is 9.58. The molecule has 0 saturated heterocycles. The van der Waals surface area contributed by atoms with Crippen LogP contribution in [-0.4, -0.2) is 16.2 Å². The number of aromatic amines is 1. The molecule has 5 nitrogen and oxygen atoms in total. The van der Waals surface area contributed by atoms with Gasteiger partial charge >= 0.3 is 5.69 Å². The maximum atomic E-state index is 10.1. The molecule has 0 unspecified atom stereocenters.